The summed E-state index contributed by atoms with van der Waals surface area (Å²) in [7, 11) is 3.31. The van der Waals surface area contributed by atoms with Crippen molar-refractivity contribution in [2.45, 2.75) is 51.6 Å². The first-order valence-electron chi connectivity index (χ1n) is 7.17. The minimum Gasteiger partial charge on any atom is -0.498 e. The van der Waals surface area contributed by atoms with Gasteiger partial charge in [0.2, 0.25) is 0 Å². The van der Waals surface area contributed by atoms with Gasteiger partial charge < -0.3 is 9.47 Å². The van der Waals surface area contributed by atoms with Gasteiger partial charge in [-0.2, -0.15) is 0 Å². The maximum Gasteiger partial charge on any atom is 0.143 e. The zero-order chi connectivity index (χ0) is 14.3. The van der Waals surface area contributed by atoms with E-state index in [1.165, 1.54) is 0 Å². The van der Waals surface area contributed by atoms with E-state index in [4.69, 9.17) is 9.47 Å². The third-order valence-corrected chi connectivity index (χ3v) is 3.80. The molecule has 2 atom stereocenters. The highest BCUT2D eigenvalue weighted by atomic mass is 16.5. The molecule has 0 aromatic heterocycles. The van der Waals surface area contributed by atoms with Crippen molar-refractivity contribution in [2.24, 2.45) is 5.92 Å². The Balaban J connectivity index is 3.03. The van der Waals surface area contributed by atoms with E-state index in [1.54, 1.807) is 14.2 Å². The summed E-state index contributed by atoms with van der Waals surface area (Å²) in [6.07, 6.45) is 10.1. The van der Waals surface area contributed by atoms with Crippen molar-refractivity contribution in [3.05, 3.63) is 24.0 Å². The number of hydrogen-bond acceptors (Lipinski definition) is 3. The molecule has 0 aromatic carbocycles. The van der Waals surface area contributed by atoms with Crippen molar-refractivity contribution in [1.82, 2.24) is 0 Å². The zero-order valence-corrected chi connectivity index (χ0v) is 12.6. The van der Waals surface area contributed by atoms with Gasteiger partial charge in [0, 0.05) is 13.5 Å². The number of methoxy groups -OCH3 is 2. The molecule has 0 saturated carbocycles. The van der Waals surface area contributed by atoms with Crippen molar-refractivity contribution in [3.63, 3.8) is 0 Å². The van der Waals surface area contributed by atoms with Crippen LogP contribution in [-0.4, -0.2) is 25.6 Å². The van der Waals surface area contributed by atoms with Crippen LogP contribution in [0.1, 0.15) is 46.0 Å². The third-order valence-electron chi connectivity index (χ3n) is 3.80. The average Bonchev–Trinajstić information content (AvgIpc) is 2.44. The van der Waals surface area contributed by atoms with E-state index in [0.717, 1.165) is 31.4 Å². The molecule has 0 saturated heterocycles. The lowest BCUT2D eigenvalue weighted by atomic mass is 9.75. The van der Waals surface area contributed by atoms with Gasteiger partial charge >= 0.3 is 0 Å². The van der Waals surface area contributed by atoms with E-state index in [2.05, 4.69) is 13.8 Å². The Morgan fingerprint density at radius 1 is 1.32 bits per heavy atom. The highest BCUT2D eigenvalue weighted by Gasteiger charge is 2.46. The third kappa shape index (κ3) is 3.27. The van der Waals surface area contributed by atoms with E-state index in [0.29, 0.717) is 6.42 Å². The summed E-state index contributed by atoms with van der Waals surface area (Å²) < 4.78 is 11.2. The number of unbranched alkanes of at least 4 members (excludes halogenated alkanes) is 1. The Bertz CT molecular complexity index is 357. The second kappa shape index (κ2) is 7.49. The molecule has 0 N–H and O–H groups in total. The summed E-state index contributed by atoms with van der Waals surface area (Å²) in [5.74, 6) is 0.772. The summed E-state index contributed by atoms with van der Waals surface area (Å²) in [6.45, 7) is 4.19. The van der Waals surface area contributed by atoms with Crippen molar-refractivity contribution < 1.29 is 14.3 Å². The molecule has 0 amide bonds. The predicted octanol–water partition coefficient (Wildman–Crippen LogP) is 3.65. The van der Waals surface area contributed by atoms with Crippen LogP contribution in [0.15, 0.2) is 24.0 Å². The Kier molecular flexibility index (Phi) is 6.29. The molecule has 0 spiro atoms. The molecule has 0 aliphatic heterocycles. The molecule has 108 valence electrons. The maximum absolute atomic E-state index is 12.5. The first kappa shape index (κ1) is 16.0. The summed E-state index contributed by atoms with van der Waals surface area (Å²) in [4.78, 5) is 12.5. The maximum atomic E-state index is 12.5. The molecular formula is C16H26O3. The van der Waals surface area contributed by atoms with Gasteiger partial charge in [-0.15, -0.1) is 0 Å². The predicted molar refractivity (Wildman–Crippen MR) is 76.9 cm³/mol. The van der Waals surface area contributed by atoms with E-state index in [-0.39, 0.29) is 11.7 Å². The molecule has 1 aliphatic rings. The SMILES string of the molecule is CCCCC(=O)C1C=CC=C(OC)C1(CCC)OC. The molecule has 3 heteroatoms. The minimum atomic E-state index is -0.622. The van der Waals surface area contributed by atoms with E-state index < -0.39 is 5.60 Å². The summed E-state index contributed by atoms with van der Waals surface area (Å²) in [5, 5.41) is 0. The van der Waals surface area contributed by atoms with Gasteiger partial charge in [0.15, 0.2) is 0 Å². The van der Waals surface area contributed by atoms with Gasteiger partial charge in [-0.3, -0.25) is 4.79 Å². The molecule has 3 nitrogen and oxygen atoms in total. The first-order chi connectivity index (χ1) is 9.16. The van der Waals surface area contributed by atoms with E-state index in [1.807, 2.05) is 18.2 Å². The average molecular weight is 266 g/mol. The lowest BCUT2D eigenvalue weighted by Gasteiger charge is -2.40. The van der Waals surface area contributed by atoms with E-state index in [9.17, 15) is 4.79 Å². The molecular weight excluding hydrogens is 240 g/mol. The minimum absolute atomic E-state index is 0.232. The first-order valence-corrected chi connectivity index (χ1v) is 7.17. The number of allylic oxidation sites excluding steroid dienone is 2. The van der Waals surface area contributed by atoms with Crippen molar-refractivity contribution in [1.29, 1.82) is 0 Å². The lowest BCUT2D eigenvalue weighted by Crippen LogP contribution is -2.46. The van der Waals surface area contributed by atoms with Crippen LogP contribution >= 0.6 is 0 Å². The van der Waals surface area contributed by atoms with Gasteiger partial charge in [-0.05, 0) is 18.9 Å². The molecule has 0 fully saturated rings. The highest BCUT2D eigenvalue weighted by molar-refractivity contribution is 5.85. The standard InChI is InChI=1S/C16H26O3/c1-5-7-10-14(17)13-9-8-11-15(18-3)16(13,19-4)12-6-2/h8-9,11,13H,5-7,10,12H2,1-4H3. The topological polar surface area (TPSA) is 35.5 Å². The molecule has 1 rings (SSSR count). The monoisotopic (exact) mass is 266 g/mol. The van der Waals surface area contributed by atoms with Crippen molar-refractivity contribution in [2.75, 3.05) is 14.2 Å². The van der Waals surface area contributed by atoms with Crippen LogP contribution in [0.4, 0.5) is 0 Å². The number of ether oxygens (including phenoxy) is 2. The normalized spacial score (nSPS) is 26.1. The fraction of sp³-hybridized carbons (Fsp3) is 0.688. The molecule has 19 heavy (non-hydrogen) atoms. The van der Waals surface area contributed by atoms with Gasteiger partial charge in [0.05, 0.1) is 13.0 Å². The Labute approximate surface area is 116 Å². The van der Waals surface area contributed by atoms with Crippen LogP contribution in [0.5, 0.6) is 0 Å². The van der Waals surface area contributed by atoms with Gasteiger partial charge in [0.1, 0.15) is 17.1 Å². The molecule has 0 aromatic rings. The van der Waals surface area contributed by atoms with Crippen LogP contribution in [0.25, 0.3) is 0 Å². The smallest absolute Gasteiger partial charge is 0.143 e. The quantitative estimate of drug-likeness (QED) is 0.672. The van der Waals surface area contributed by atoms with Crippen molar-refractivity contribution >= 4 is 5.78 Å². The molecule has 0 radical (unpaired) electrons. The largest absolute Gasteiger partial charge is 0.498 e. The number of ketones is 1. The van der Waals surface area contributed by atoms with E-state index >= 15 is 0 Å². The summed E-state index contributed by atoms with van der Waals surface area (Å²) in [5.41, 5.74) is -0.622. The fourth-order valence-corrected chi connectivity index (χ4v) is 2.80. The second-order valence-electron chi connectivity index (χ2n) is 5.01. The number of Topliss-reactive ketones (excluding diaryl/α,β-unsaturated/α-hetero) is 1. The fourth-order valence-electron chi connectivity index (χ4n) is 2.80. The van der Waals surface area contributed by atoms with Gasteiger partial charge in [-0.1, -0.05) is 38.8 Å². The molecule has 2 unspecified atom stereocenters. The van der Waals surface area contributed by atoms with Crippen LogP contribution < -0.4 is 0 Å². The van der Waals surface area contributed by atoms with Crippen LogP contribution in [-0.2, 0) is 14.3 Å². The Morgan fingerprint density at radius 3 is 2.58 bits per heavy atom. The van der Waals surface area contributed by atoms with Crippen LogP contribution in [0, 0.1) is 5.92 Å². The second-order valence-corrected chi connectivity index (χ2v) is 5.01. The number of carbonyl (C=O) groups excluding carboxylic acids is 1. The highest BCUT2D eigenvalue weighted by Crippen LogP contribution is 2.39. The van der Waals surface area contributed by atoms with Crippen LogP contribution in [0.2, 0.25) is 0 Å². The summed E-state index contributed by atoms with van der Waals surface area (Å²) >= 11 is 0. The molecule has 0 bridgehead atoms. The lowest BCUT2D eigenvalue weighted by molar-refractivity contribution is -0.133. The molecule has 0 heterocycles. The van der Waals surface area contributed by atoms with Crippen LogP contribution in [0.3, 0.4) is 0 Å². The Morgan fingerprint density at radius 2 is 2.05 bits per heavy atom. The van der Waals surface area contributed by atoms with Gasteiger partial charge in [-0.25, -0.2) is 0 Å². The number of carbonyl (C=O) groups is 1. The number of rotatable bonds is 8. The molecule has 1 aliphatic carbocycles. The number of hydrogen-bond donors (Lipinski definition) is 0. The zero-order valence-electron chi connectivity index (χ0n) is 12.6. The van der Waals surface area contributed by atoms with Gasteiger partial charge in [0.25, 0.3) is 0 Å². The Hall–Kier alpha value is -1.09. The summed E-state index contributed by atoms with van der Waals surface area (Å²) in [6, 6.07) is 0. The van der Waals surface area contributed by atoms with Crippen molar-refractivity contribution in [3.8, 4) is 0 Å².